The van der Waals surface area contributed by atoms with E-state index in [1.165, 1.54) is 22.7 Å². The third-order valence-electron chi connectivity index (χ3n) is 3.53. The van der Waals surface area contributed by atoms with Gasteiger partial charge in [-0.1, -0.05) is 18.2 Å². The molecule has 0 unspecified atom stereocenters. The standard InChI is InChI=1S/C18H16N4OS2/c1-3-22-17(23)15(10-20-13-7-5-4-6-8-13)25-18(22)14(9-19)16-21-12(2)11-24-16/h4-8,10-11,20H,3H2,1-2H3/b15-10+,18-14-. The molecule has 25 heavy (non-hydrogen) atoms. The summed E-state index contributed by atoms with van der Waals surface area (Å²) in [4.78, 5) is 17.1. The summed E-state index contributed by atoms with van der Waals surface area (Å²) in [6.45, 7) is 4.28. The Bertz CT molecular complexity index is 1100. The first-order valence-electron chi connectivity index (χ1n) is 7.72. The summed E-state index contributed by atoms with van der Waals surface area (Å²) in [5, 5.41) is 15.3. The topological polar surface area (TPSA) is 70.7 Å². The van der Waals surface area contributed by atoms with Gasteiger partial charge in [0.15, 0.2) is 0 Å². The number of rotatable bonds is 4. The van der Waals surface area contributed by atoms with Crippen molar-refractivity contribution in [3.8, 4) is 6.07 Å². The van der Waals surface area contributed by atoms with Crippen LogP contribution in [0.2, 0.25) is 0 Å². The highest BCUT2D eigenvalue weighted by atomic mass is 32.1. The lowest BCUT2D eigenvalue weighted by molar-refractivity contribution is 0.721. The summed E-state index contributed by atoms with van der Waals surface area (Å²) < 4.78 is 2.82. The van der Waals surface area contributed by atoms with Gasteiger partial charge in [-0.25, -0.2) is 4.98 Å². The normalized spacial score (nSPS) is 12.8. The van der Waals surface area contributed by atoms with Gasteiger partial charge in [0.2, 0.25) is 0 Å². The van der Waals surface area contributed by atoms with Crippen LogP contribution < -0.4 is 20.1 Å². The summed E-state index contributed by atoms with van der Waals surface area (Å²) in [5.41, 5.74) is 2.11. The number of benzene rings is 1. The Labute approximate surface area is 152 Å². The molecule has 3 rings (SSSR count). The lowest BCUT2D eigenvalue weighted by atomic mass is 10.3. The predicted molar refractivity (Wildman–Crippen MR) is 103 cm³/mol. The fourth-order valence-electron chi connectivity index (χ4n) is 2.33. The first kappa shape index (κ1) is 17.1. The Morgan fingerprint density at radius 2 is 2.16 bits per heavy atom. The summed E-state index contributed by atoms with van der Waals surface area (Å²) in [5.74, 6) is 0. The van der Waals surface area contributed by atoms with Crippen LogP contribution in [-0.2, 0) is 6.54 Å². The van der Waals surface area contributed by atoms with Crippen molar-refractivity contribution >= 4 is 40.1 Å². The Morgan fingerprint density at radius 3 is 2.76 bits per heavy atom. The second-order valence-corrected chi connectivity index (χ2v) is 7.15. The molecule has 0 atom stereocenters. The molecule has 0 spiro atoms. The minimum atomic E-state index is -0.105. The number of nitrogens with zero attached hydrogens (tertiary/aromatic N) is 3. The molecule has 7 heteroatoms. The fraction of sp³-hybridized carbons (Fsp3) is 0.167. The highest BCUT2D eigenvalue weighted by Crippen LogP contribution is 2.16. The van der Waals surface area contributed by atoms with Crippen molar-refractivity contribution in [3.05, 3.63) is 66.0 Å². The first-order chi connectivity index (χ1) is 12.1. The van der Waals surface area contributed by atoms with Gasteiger partial charge < -0.3 is 5.32 Å². The number of hydrogen-bond acceptors (Lipinski definition) is 6. The molecule has 0 aliphatic heterocycles. The Hall–Kier alpha value is -2.69. The number of aryl methyl sites for hydroxylation is 1. The van der Waals surface area contributed by atoms with E-state index in [0.29, 0.717) is 26.3 Å². The van der Waals surface area contributed by atoms with Crippen LogP contribution in [0.1, 0.15) is 17.6 Å². The van der Waals surface area contributed by atoms with E-state index >= 15 is 0 Å². The van der Waals surface area contributed by atoms with Gasteiger partial charge in [0.1, 0.15) is 25.8 Å². The molecule has 2 heterocycles. The molecule has 0 aliphatic carbocycles. The van der Waals surface area contributed by atoms with Crippen molar-refractivity contribution < 1.29 is 0 Å². The number of thiazole rings is 2. The van der Waals surface area contributed by atoms with Gasteiger partial charge in [-0.05, 0) is 26.0 Å². The van der Waals surface area contributed by atoms with Crippen molar-refractivity contribution in [2.24, 2.45) is 0 Å². The molecular weight excluding hydrogens is 352 g/mol. The van der Waals surface area contributed by atoms with Gasteiger partial charge in [-0.15, -0.1) is 22.7 Å². The zero-order valence-corrected chi connectivity index (χ0v) is 15.4. The van der Waals surface area contributed by atoms with Crippen LogP contribution in [0.25, 0.3) is 11.8 Å². The molecule has 0 bridgehead atoms. The van der Waals surface area contributed by atoms with Crippen LogP contribution in [0.3, 0.4) is 0 Å². The zero-order valence-electron chi connectivity index (χ0n) is 13.8. The molecule has 0 fully saturated rings. The maximum absolute atomic E-state index is 12.7. The number of hydrogen-bond donors (Lipinski definition) is 1. The van der Waals surface area contributed by atoms with Crippen LogP contribution >= 0.6 is 22.7 Å². The smallest absolute Gasteiger partial charge is 0.270 e. The first-order valence-corrected chi connectivity index (χ1v) is 9.42. The third kappa shape index (κ3) is 3.55. The molecule has 2 aromatic heterocycles. The molecular formula is C18H16N4OS2. The summed E-state index contributed by atoms with van der Waals surface area (Å²) >= 11 is 2.72. The van der Waals surface area contributed by atoms with Crippen molar-refractivity contribution in [1.29, 1.82) is 5.26 Å². The Kier molecular flexibility index (Phi) is 5.12. The quantitative estimate of drug-likeness (QED) is 0.767. The van der Waals surface area contributed by atoms with Gasteiger partial charge in [-0.2, -0.15) is 5.26 Å². The summed E-state index contributed by atoms with van der Waals surface area (Å²) in [6.07, 6.45) is 1.69. The molecule has 3 aromatic rings. The number of nitrogens with one attached hydrogen (secondary N) is 1. The molecule has 0 aliphatic rings. The van der Waals surface area contributed by atoms with E-state index in [4.69, 9.17) is 0 Å². The number of anilines is 1. The predicted octanol–water partition coefficient (Wildman–Crippen LogP) is 2.27. The maximum Gasteiger partial charge on any atom is 0.270 e. The number of aromatic nitrogens is 2. The van der Waals surface area contributed by atoms with Crippen LogP contribution in [0.4, 0.5) is 5.69 Å². The zero-order chi connectivity index (χ0) is 17.8. The SMILES string of the molecule is CCn1c(=O)/c(=C\Nc2ccccc2)s/c1=C(/C#N)c1nc(C)cs1. The van der Waals surface area contributed by atoms with Crippen LogP contribution in [0, 0.1) is 18.3 Å². The Balaban J connectivity index is 2.17. The lowest BCUT2D eigenvalue weighted by Crippen LogP contribution is -2.31. The van der Waals surface area contributed by atoms with Gasteiger partial charge >= 0.3 is 0 Å². The van der Waals surface area contributed by atoms with E-state index in [1.54, 1.807) is 10.8 Å². The fourth-order valence-corrected chi connectivity index (χ4v) is 4.28. The number of para-hydroxylation sites is 1. The molecule has 0 saturated carbocycles. The van der Waals surface area contributed by atoms with E-state index in [2.05, 4.69) is 16.4 Å². The van der Waals surface area contributed by atoms with E-state index in [0.717, 1.165) is 11.4 Å². The van der Waals surface area contributed by atoms with Gasteiger partial charge in [0, 0.05) is 29.5 Å². The van der Waals surface area contributed by atoms with E-state index in [1.807, 2.05) is 49.6 Å². The largest absolute Gasteiger partial charge is 0.360 e. The van der Waals surface area contributed by atoms with Crippen LogP contribution in [0.15, 0.2) is 40.5 Å². The van der Waals surface area contributed by atoms with E-state index < -0.39 is 0 Å². The maximum atomic E-state index is 12.7. The van der Waals surface area contributed by atoms with Gasteiger partial charge in [-0.3, -0.25) is 9.36 Å². The number of nitriles is 1. The van der Waals surface area contributed by atoms with Gasteiger partial charge in [0.25, 0.3) is 5.56 Å². The van der Waals surface area contributed by atoms with Crippen molar-refractivity contribution in [3.63, 3.8) is 0 Å². The molecule has 0 radical (unpaired) electrons. The highest BCUT2D eigenvalue weighted by molar-refractivity contribution is 7.11. The van der Waals surface area contributed by atoms with Crippen LogP contribution in [-0.4, -0.2) is 9.55 Å². The van der Waals surface area contributed by atoms with Crippen molar-refractivity contribution in [2.75, 3.05) is 5.32 Å². The average Bonchev–Trinajstić information content (AvgIpc) is 3.18. The van der Waals surface area contributed by atoms with Crippen LogP contribution in [0.5, 0.6) is 0 Å². The Morgan fingerprint density at radius 1 is 1.40 bits per heavy atom. The molecule has 0 amide bonds. The molecule has 0 saturated heterocycles. The van der Waals surface area contributed by atoms with E-state index in [-0.39, 0.29) is 5.56 Å². The summed E-state index contributed by atoms with van der Waals surface area (Å²) in [6, 6.07) is 11.8. The monoisotopic (exact) mass is 368 g/mol. The van der Waals surface area contributed by atoms with Crippen molar-refractivity contribution in [1.82, 2.24) is 9.55 Å². The minimum absolute atomic E-state index is 0.105. The molecule has 126 valence electrons. The second kappa shape index (κ2) is 7.47. The highest BCUT2D eigenvalue weighted by Gasteiger charge is 2.12. The average molecular weight is 368 g/mol. The van der Waals surface area contributed by atoms with E-state index in [9.17, 15) is 10.1 Å². The lowest BCUT2D eigenvalue weighted by Gasteiger charge is -1.97. The minimum Gasteiger partial charge on any atom is -0.360 e. The van der Waals surface area contributed by atoms with Crippen molar-refractivity contribution in [2.45, 2.75) is 20.4 Å². The van der Waals surface area contributed by atoms with Gasteiger partial charge in [0.05, 0.1) is 0 Å². The third-order valence-corrected chi connectivity index (χ3v) is 5.63. The summed E-state index contributed by atoms with van der Waals surface area (Å²) in [7, 11) is 0. The molecule has 1 N–H and O–H groups in total. The molecule has 1 aromatic carbocycles. The second-order valence-electron chi connectivity index (χ2n) is 5.26. The molecule has 5 nitrogen and oxygen atoms in total.